The lowest BCUT2D eigenvalue weighted by molar-refractivity contribution is -0.115. The zero-order valence-electron chi connectivity index (χ0n) is 15.1. The Labute approximate surface area is 176 Å². The molecular weight excluding hydrogens is 432 g/mol. The summed E-state index contributed by atoms with van der Waals surface area (Å²) in [5.74, 6) is 0.217. The van der Waals surface area contributed by atoms with Gasteiger partial charge in [0.15, 0.2) is 10.9 Å². The average Bonchev–Trinajstić information content (AvgIpc) is 3.32. The molecule has 0 unspecified atom stereocenters. The maximum absolute atomic E-state index is 12.4. The summed E-state index contributed by atoms with van der Waals surface area (Å²) in [6.45, 7) is 1.66. The van der Waals surface area contributed by atoms with Crippen LogP contribution in [0.1, 0.15) is 10.6 Å². The average molecular weight is 449 g/mol. The van der Waals surface area contributed by atoms with Gasteiger partial charge in [-0.3, -0.25) is 14.8 Å². The SMILES string of the molecule is Cc1cc(NS(=O)(=O)c2ccc(NC(=S)NC(=O)/C=C/c3cccs3)cc2)no1. The minimum Gasteiger partial charge on any atom is -0.360 e. The van der Waals surface area contributed by atoms with Gasteiger partial charge in [-0.05, 0) is 60.9 Å². The maximum atomic E-state index is 12.4. The fourth-order valence-corrected chi connectivity index (χ4v) is 4.01. The summed E-state index contributed by atoms with van der Waals surface area (Å²) in [5.41, 5.74) is 0.522. The van der Waals surface area contributed by atoms with E-state index in [1.54, 1.807) is 13.0 Å². The number of anilines is 2. The molecule has 1 aromatic carbocycles. The van der Waals surface area contributed by atoms with Crippen LogP contribution in [0, 0.1) is 6.92 Å². The molecule has 0 saturated carbocycles. The lowest BCUT2D eigenvalue weighted by atomic mass is 10.3. The lowest BCUT2D eigenvalue weighted by Crippen LogP contribution is -2.32. The Morgan fingerprint density at radius 3 is 2.62 bits per heavy atom. The summed E-state index contributed by atoms with van der Waals surface area (Å²) in [7, 11) is -3.80. The molecule has 2 heterocycles. The molecule has 8 nitrogen and oxygen atoms in total. The number of aryl methyl sites for hydroxylation is 1. The number of carbonyl (C=O) groups excluding carboxylic acids is 1. The van der Waals surface area contributed by atoms with Crippen LogP contribution in [0.2, 0.25) is 0 Å². The predicted octanol–water partition coefficient (Wildman–Crippen LogP) is 3.37. The first-order valence-electron chi connectivity index (χ1n) is 8.21. The van der Waals surface area contributed by atoms with Gasteiger partial charge in [0.2, 0.25) is 5.91 Å². The van der Waals surface area contributed by atoms with Crippen LogP contribution in [0.5, 0.6) is 0 Å². The molecule has 29 heavy (non-hydrogen) atoms. The van der Waals surface area contributed by atoms with Crippen molar-refractivity contribution in [1.82, 2.24) is 10.5 Å². The molecule has 0 bridgehead atoms. The number of nitrogens with zero attached hydrogens (tertiary/aromatic N) is 1. The molecule has 150 valence electrons. The number of thiophene rings is 1. The lowest BCUT2D eigenvalue weighted by Gasteiger charge is -2.09. The summed E-state index contributed by atoms with van der Waals surface area (Å²) < 4.78 is 31.9. The third-order valence-electron chi connectivity index (χ3n) is 3.47. The zero-order chi connectivity index (χ0) is 20.9. The number of sulfonamides is 1. The first-order valence-corrected chi connectivity index (χ1v) is 11.0. The zero-order valence-corrected chi connectivity index (χ0v) is 17.5. The van der Waals surface area contributed by atoms with Crippen molar-refractivity contribution < 1.29 is 17.7 Å². The molecule has 3 N–H and O–H groups in total. The van der Waals surface area contributed by atoms with Crippen molar-refractivity contribution in [3.05, 3.63) is 64.6 Å². The second-order valence-electron chi connectivity index (χ2n) is 5.74. The van der Waals surface area contributed by atoms with E-state index in [9.17, 15) is 13.2 Å². The van der Waals surface area contributed by atoms with Crippen molar-refractivity contribution in [2.45, 2.75) is 11.8 Å². The number of benzene rings is 1. The van der Waals surface area contributed by atoms with E-state index in [2.05, 4.69) is 20.5 Å². The fraction of sp³-hybridized carbons (Fsp3) is 0.0556. The summed E-state index contributed by atoms with van der Waals surface area (Å²) in [6, 6.07) is 11.1. The minimum atomic E-state index is -3.80. The molecule has 11 heteroatoms. The van der Waals surface area contributed by atoms with Gasteiger partial charge in [-0.25, -0.2) is 8.42 Å². The molecule has 0 atom stereocenters. The molecule has 0 aliphatic rings. The van der Waals surface area contributed by atoms with Crippen molar-refractivity contribution in [3.63, 3.8) is 0 Å². The van der Waals surface area contributed by atoms with E-state index in [-0.39, 0.29) is 21.7 Å². The summed E-state index contributed by atoms with van der Waals surface area (Å²) in [6.07, 6.45) is 3.07. The van der Waals surface area contributed by atoms with Gasteiger partial charge in [-0.2, -0.15) is 0 Å². The van der Waals surface area contributed by atoms with Gasteiger partial charge in [0, 0.05) is 22.7 Å². The number of amides is 1. The van der Waals surface area contributed by atoms with E-state index < -0.39 is 10.0 Å². The highest BCUT2D eigenvalue weighted by molar-refractivity contribution is 7.92. The van der Waals surface area contributed by atoms with Gasteiger partial charge in [0.25, 0.3) is 10.0 Å². The maximum Gasteiger partial charge on any atom is 0.263 e. The molecule has 0 aliphatic heterocycles. The van der Waals surface area contributed by atoms with Crippen LogP contribution in [-0.4, -0.2) is 24.6 Å². The first-order chi connectivity index (χ1) is 13.8. The molecule has 3 aromatic rings. The second kappa shape index (κ2) is 8.99. The Morgan fingerprint density at radius 2 is 2.00 bits per heavy atom. The van der Waals surface area contributed by atoms with Gasteiger partial charge >= 0.3 is 0 Å². The van der Waals surface area contributed by atoms with Gasteiger partial charge in [0.1, 0.15) is 5.76 Å². The Hall–Kier alpha value is -3.02. The van der Waals surface area contributed by atoms with Crippen molar-refractivity contribution in [2.75, 3.05) is 10.0 Å². The highest BCUT2D eigenvalue weighted by Crippen LogP contribution is 2.18. The van der Waals surface area contributed by atoms with Gasteiger partial charge in [-0.15, -0.1) is 11.3 Å². The van der Waals surface area contributed by atoms with E-state index in [0.717, 1.165) is 4.88 Å². The fourth-order valence-electron chi connectivity index (χ4n) is 2.19. The van der Waals surface area contributed by atoms with Gasteiger partial charge < -0.3 is 9.84 Å². The van der Waals surface area contributed by atoms with Crippen molar-refractivity contribution in [1.29, 1.82) is 0 Å². The molecule has 1 amide bonds. The summed E-state index contributed by atoms with van der Waals surface area (Å²) in [5, 5.41) is 11.0. The molecular formula is C18H16N4O4S3. The van der Waals surface area contributed by atoms with Crippen molar-refractivity contribution in [3.8, 4) is 0 Å². The minimum absolute atomic E-state index is 0.0394. The number of carbonyl (C=O) groups is 1. The Bertz CT molecular complexity index is 1130. The monoisotopic (exact) mass is 448 g/mol. The Kier molecular flexibility index (Phi) is 6.42. The van der Waals surface area contributed by atoms with Crippen molar-refractivity contribution >= 4 is 62.2 Å². The number of aromatic nitrogens is 1. The van der Waals surface area contributed by atoms with Crippen LogP contribution >= 0.6 is 23.6 Å². The number of hydrogen-bond acceptors (Lipinski definition) is 7. The Balaban J connectivity index is 1.56. The summed E-state index contributed by atoms with van der Waals surface area (Å²) >= 11 is 6.61. The molecule has 3 rings (SSSR count). The normalized spacial score (nSPS) is 11.3. The first kappa shape index (κ1) is 20.7. The third-order valence-corrected chi connectivity index (χ3v) is 5.88. The van der Waals surface area contributed by atoms with Crippen LogP contribution in [0.25, 0.3) is 6.08 Å². The number of rotatable bonds is 6. The highest BCUT2D eigenvalue weighted by atomic mass is 32.2. The van der Waals surface area contributed by atoms with E-state index in [1.165, 1.54) is 47.7 Å². The number of thiocarbonyl (C=S) groups is 1. The standard InChI is InChI=1S/C18H16N4O4S3/c1-12-11-16(21-26-12)22-29(24,25)15-7-4-13(5-8-15)19-18(27)20-17(23)9-6-14-3-2-10-28-14/h2-11H,1H3,(H,21,22)(H2,19,20,23,27)/b9-6+. The van der Waals surface area contributed by atoms with Gasteiger partial charge in [0.05, 0.1) is 4.90 Å². The number of hydrogen-bond donors (Lipinski definition) is 3. The molecule has 0 radical (unpaired) electrons. The van der Waals surface area contributed by atoms with Crippen LogP contribution in [0.15, 0.2) is 63.3 Å². The van der Waals surface area contributed by atoms with E-state index >= 15 is 0 Å². The Morgan fingerprint density at radius 1 is 1.24 bits per heavy atom. The van der Waals surface area contributed by atoms with Crippen molar-refractivity contribution in [2.24, 2.45) is 0 Å². The molecule has 0 saturated heterocycles. The third kappa shape index (κ3) is 5.98. The topological polar surface area (TPSA) is 113 Å². The van der Waals surface area contributed by atoms with E-state index in [0.29, 0.717) is 11.4 Å². The molecule has 0 aliphatic carbocycles. The van der Waals surface area contributed by atoms with Gasteiger partial charge in [-0.1, -0.05) is 11.2 Å². The largest absolute Gasteiger partial charge is 0.360 e. The van der Waals surface area contributed by atoms with Crippen LogP contribution in [0.4, 0.5) is 11.5 Å². The molecule has 2 aromatic heterocycles. The van der Waals surface area contributed by atoms with E-state index in [4.69, 9.17) is 16.7 Å². The summed E-state index contributed by atoms with van der Waals surface area (Å²) in [4.78, 5) is 12.9. The van der Waals surface area contributed by atoms with Crippen LogP contribution < -0.4 is 15.4 Å². The van der Waals surface area contributed by atoms with Crippen LogP contribution in [0.3, 0.4) is 0 Å². The van der Waals surface area contributed by atoms with E-state index in [1.807, 2.05) is 17.5 Å². The molecule has 0 fully saturated rings. The molecule has 0 spiro atoms. The predicted molar refractivity (Wildman–Crippen MR) is 116 cm³/mol. The quantitative estimate of drug-likeness (QED) is 0.391. The number of nitrogens with one attached hydrogen (secondary N) is 3. The highest BCUT2D eigenvalue weighted by Gasteiger charge is 2.16. The van der Waals surface area contributed by atoms with Crippen LogP contribution in [-0.2, 0) is 14.8 Å². The smallest absolute Gasteiger partial charge is 0.263 e. The second-order valence-corrected chi connectivity index (χ2v) is 8.81.